The fraction of sp³-hybridized carbons (Fsp3) is 0.150. The molecule has 0 unspecified atom stereocenters. The van der Waals surface area contributed by atoms with Crippen molar-refractivity contribution in [3.8, 4) is 17.6 Å². The summed E-state index contributed by atoms with van der Waals surface area (Å²) < 4.78 is 20.7. The lowest BCUT2D eigenvalue weighted by Crippen LogP contribution is -2.23. The van der Waals surface area contributed by atoms with Gasteiger partial charge in [0.2, 0.25) is 5.76 Å². The smallest absolute Gasteiger partial charge is 0.344 e. The summed E-state index contributed by atoms with van der Waals surface area (Å²) in [4.78, 5) is 23.9. The van der Waals surface area contributed by atoms with Gasteiger partial charge in [-0.2, -0.15) is 5.26 Å². The van der Waals surface area contributed by atoms with Gasteiger partial charge in [-0.15, -0.1) is 0 Å². The summed E-state index contributed by atoms with van der Waals surface area (Å²) in [6.45, 7) is -0.912. The van der Waals surface area contributed by atoms with Gasteiger partial charge in [-0.05, 0) is 24.3 Å². The van der Waals surface area contributed by atoms with Crippen molar-refractivity contribution in [1.29, 1.82) is 5.26 Å². The Kier molecular flexibility index (Phi) is 5.77. The standard InChI is InChI=1S/C20H16N2O6/c1-25-15-8-4-5-9-16(15)26-12-19(24)27-11-18(23)22-20-13-6-2-3-7-14(13)28-17(20)10-21/h2-9H,11-12H2,1H3,(H,22,23). The summed E-state index contributed by atoms with van der Waals surface area (Å²) in [6, 6.07) is 15.6. The van der Waals surface area contributed by atoms with Crippen molar-refractivity contribution in [1.82, 2.24) is 0 Å². The third-order valence-corrected chi connectivity index (χ3v) is 3.74. The van der Waals surface area contributed by atoms with Crippen LogP contribution in [0.2, 0.25) is 0 Å². The molecule has 8 nitrogen and oxygen atoms in total. The molecular weight excluding hydrogens is 364 g/mol. The van der Waals surface area contributed by atoms with Crippen LogP contribution in [-0.2, 0) is 14.3 Å². The Morgan fingerprint density at radius 2 is 1.79 bits per heavy atom. The van der Waals surface area contributed by atoms with Crippen molar-refractivity contribution in [2.24, 2.45) is 0 Å². The van der Waals surface area contributed by atoms with E-state index in [1.165, 1.54) is 7.11 Å². The molecule has 0 aliphatic rings. The highest BCUT2D eigenvalue weighted by Gasteiger charge is 2.17. The number of carbonyl (C=O) groups is 2. The van der Waals surface area contributed by atoms with Crippen molar-refractivity contribution in [3.05, 3.63) is 54.3 Å². The zero-order valence-corrected chi connectivity index (χ0v) is 14.9. The van der Waals surface area contributed by atoms with Crippen molar-refractivity contribution < 1.29 is 28.2 Å². The molecule has 2 aromatic carbocycles. The minimum Gasteiger partial charge on any atom is -0.493 e. The molecular formula is C20H16N2O6. The first kappa shape index (κ1) is 18.8. The van der Waals surface area contributed by atoms with Crippen molar-refractivity contribution in [2.75, 3.05) is 25.6 Å². The summed E-state index contributed by atoms with van der Waals surface area (Å²) in [6.07, 6.45) is 0. The lowest BCUT2D eigenvalue weighted by molar-refractivity contribution is -0.149. The van der Waals surface area contributed by atoms with Gasteiger partial charge in [-0.3, -0.25) is 4.79 Å². The first-order chi connectivity index (χ1) is 13.6. The van der Waals surface area contributed by atoms with Crippen LogP contribution in [0.15, 0.2) is 52.9 Å². The molecule has 3 rings (SSSR count). The summed E-state index contributed by atoms with van der Waals surface area (Å²) >= 11 is 0. The van der Waals surface area contributed by atoms with E-state index in [9.17, 15) is 9.59 Å². The molecule has 0 aliphatic heterocycles. The average Bonchev–Trinajstić information content (AvgIpc) is 3.08. The second-order valence-electron chi connectivity index (χ2n) is 5.56. The SMILES string of the molecule is COc1ccccc1OCC(=O)OCC(=O)Nc1c(C#N)oc2ccccc12. The van der Waals surface area contributed by atoms with Gasteiger partial charge < -0.3 is 23.9 Å². The van der Waals surface area contributed by atoms with Crippen LogP contribution in [0.3, 0.4) is 0 Å². The van der Waals surface area contributed by atoms with Gasteiger partial charge in [0.05, 0.1) is 7.11 Å². The molecule has 142 valence electrons. The van der Waals surface area contributed by atoms with Gasteiger partial charge in [0.15, 0.2) is 24.7 Å². The van der Waals surface area contributed by atoms with E-state index in [1.807, 2.05) is 6.07 Å². The molecule has 1 amide bonds. The third kappa shape index (κ3) is 4.22. The number of amides is 1. The van der Waals surface area contributed by atoms with E-state index in [4.69, 9.17) is 23.9 Å². The monoisotopic (exact) mass is 380 g/mol. The molecule has 0 radical (unpaired) electrons. The maximum Gasteiger partial charge on any atom is 0.344 e. The molecule has 3 aromatic rings. The predicted molar refractivity (Wildman–Crippen MR) is 99.0 cm³/mol. The van der Waals surface area contributed by atoms with Gasteiger partial charge in [0.1, 0.15) is 17.3 Å². The van der Waals surface area contributed by atoms with Crippen molar-refractivity contribution in [3.63, 3.8) is 0 Å². The van der Waals surface area contributed by atoms with Gasteiger partial charge >= 0.3 is 5.97 Å². The number of para-hydroxylation sites is 3. The number of nitrogens with zero attached hydrogens (tertiary/aromatic N) is 1. The molecule has 0 saturated carbocycles. The number of hydrogen-bond acceptors (Lipinski definition) is 7. The van der Waals surface area contributed by atoms with E-state index < -0.39 is 18.5 Å². The molecule has 1 aromatic heterocycles. The molecule has 0 bridgehead atoms. The van der Waals surface area contributed by atoms with Crippen LogP contribution in [0.4, 0.5) is 5.69 Å². The first-order valence-corrected chi connectivity index (χ1v) is 8.25. The minimum absolute atomic E-state index is 0.0274. The number of anilines is 1. The van der Waals surface area contributed by atoms with Crippen LogP contribution in [0.1, 0.15) is 5.76 Å². The lowest BCUT2D eigenvalue weighted by atomic mass is 10.2. The van der Waals surface area contributed by atoms with Crippen LogP contribution >= 0.6 is 0 Å². The number of benzene rings is 2. The van der Waals surface area contributed by atoms with Crippen LogP contribution < -0.4 is 14.8 Å². The predicted octanol–water partition coefficient (Wildman–Crippen LogP) is 2.87. The van der Waals surface area contributed by atoms with Crippen LogP contribution in [0.5, 0.6) is 11.5 Å². The normalized spacial score (nSPS) is 10.1. The molecule has 0 aliphatic carbocycles. The Bertz CT molecular complexity index is 1050. The average molecular weight is 380 g/mol. The highest BCUT2D eigenvalue weighted by Crippen LogP contribution is 2.30. The number of rotatable bonds is 7. The molecule has 0 atom stereocenters. The first-order valence-electron chi connectivity index (χ1n) is 8.25. The number of carbonyl (C=O) groups excluding carboxylic acids is 2. The number of esters is 1. The van der Waals surface area contributed by atoms with E-state index >= 15 is 0 Å². The Morgan fingerprint density at radius 1 is 1.07 bits per heavy atom. The Labute approximate surface area is 160 Å². The van der Waals surface area contributed by atoms with E-state index in [1.54, 1.807) is 48.5 Å². The fourth-order valence-electron chi connectivity index (χ4n) is 2.49. The van der Waals surface area contributed by atoms with Gasteiger partial charge in [0.25, 0.3) is 5.91 Å². The van der Waals surface area contributed by atoms with Crippen LogP contribution in [0, 0.1) is 11.3 Å². The van der Waals surface area contributed by atoms with Gasteiger partial charge in [-0.1, -0.05) is 24.3 Å². The van der Waals surface area contributed by atoms with Crippen molar-refractivity contribution >= 4 is 28.5 Å². The molecule has 0 fully saturated rings. The molecule has 0 spiro atoms. The Hall–Kier alpha value is -3.99. The second-order valence-corrected chi connectivity index (χ2v) is 5.56. The molecule has 1 heterocycles. The number of nitrogens with one attached hydrogen (secondary N) is 1. The Morgan fingerprint density at radius 3 is 2.54 bits per heavy atom. The van der Waals surface area contributed by atoms with Gasteiger partial charge in [-0.25, -0.2) is 4.79 Å². The zero-order chi connectivity index (χ0) is 19.9. The summed E-state index contributed by atoms with van der Waals surface area (Å²) in [7, 11) is 1.49. The maximum absolute atomic E-state index is 12.1. The molecule has 8 heteroatoms. The number of fused-ring (bicyclic) bond motifs is 1. The highest BCUT2D eigenvalue weighted by molar-refractivity contribution is 6.03. The largest absolute Gasteiger partial charge is 0.493 e. The maximum atomic E-state index is 12.1. The number of furan rings is 1. The summed E-state index contributed by atoms with van der Waals surface area (Å²) in [5, 5.41) is 12.3. The molecule has 1 N–H and O–H groups in total. The molecule has 0 saturated heterocycles. The lowest BCUT2D eigenvalue weighted by Gasteiger charge is -2.10. The van der Waals surface area contributed by atoms with E-state index in [0.29, 0.717) is 22.5 Å². The van der Waals surface area contributed by atoms with E-state index in [2.05, 4.69) is 5.32 Å². The highest BCUT2D eigenvalue weighted by atomic mass is 16.6. The van der Waals surface area contributed by atoms with Crippen LogP contribution in [-0.4, -0.2) is 32.2 Å². The van der Waals surface area contributed by atoms with Crippen molar-refractivity contribution in [2.45, 2.75) is 0 Å². The van der Waals surface area contributed by atoms with E-state index in [-0.39, 0.29) is 18.1 Å². The van der Waals surface area contributed by atoms with E-state index in [0.717, 1.165) is 0 Å². The third-order valence-electron chi connectivity index (χ3n) is 3.74. The molecule has 28 heavy (non-hydrogen) atoms. The number of hydrogen-bond donors (Lipinski definition) is 1. The number of ether oxygens (including phenoxy) is 3. The zero-order valence-electron chi connectivity index (χ0n) is 14.9. The number of nitriles is 1. The summed E-state index contributed by atoms with van der Waals surface area (Å²) in [5.41, 5.74) is 0.709. The quantitative estimate of drug-likeness (QED) is 0.627. The topological polar surface area (TPSA) is 111 Å². The van der Waals surface area contributed by atoms with Crippen LogP contribution in [0.25, 0.3) is 11.0 Å². The fourth-order valence-corrected chi connectivity index (χ4v) is 2.49. The number of methoxy groups -OCH3 is 1. The minimum atomic E-state index is -0.724. The van der Waals surface area contributed by atoms with Gasteiger partial charge in [0, 0.05) is 5.39 Å². The second kappa shape index (κ2) is 8.60. The summed E-state index contributed by atoms with van der Waals surface area (Å²) in [5.74, 6) is -0.494. The Balaban J connectivity index is 1.55.